The average Bonchev–Trinajstić information content (AvgIpc) is 3.47. The minimum atomic E-state index is -1.38. The van der Waals surface area contributed by atoms with Gasteiger partial charge >= 0.3 is 18.9 Å². The average molecular weight is 583 g/mol. The van der Waals surface area contributed by atoms with E-state index in [-0.39, 0.29) is 19.8 Å². The van der Waals surface area contributed by atoms with Crippen molar-refractivity contribution in [1.82, 2.24) is 0 Å². The van der Waals surface area contributed by atoms with Gasteiger partial charge in [0.2, 0.25) is 0 Å². The number of benzene rings is 5. The van der Waals surface area contributed by atoms with Crippen molar-refractivity contribution in [2.75, 3.05) is 24.3 Å². The molecule has 5 aromatic rings. The monoisotopic (exact) mass is 582 g/mol. The number of hydrogen-bond acceptors (Lipinski definition) is 6. The highest BCUT2D eigenvalue weighted by molar-refractivity contribution is 6.81. The van der Waals surface area contributed by atoms with E-state index in [1.54, 1.807) is 0 Å². The van der Waals surface area contributed by atoms with Gasteiger partial charge in [0.15, 0.2) is 5.41 Å². The second-order valence-electron chi connectivity index (χ2n) is 12.2. The molecule has 1 heterocycles. The molecular weight excluding hydrogens is 547 g/mol. The number of carbonyl (C=O) groups excluding carboxylic acids is 2. The molecule has 0 aromatic heterocycles. The second-order valence-corrected chi connectivity index (χ2v) is 12.2. The summed E-state index contributed by atoms with van der Waals surface area (Å²) in [6.07, 6.45) is 0.529. The molecule has 220 valence electrons. The summed E-state index contributed by atoms with van der Waals surface area (Å²) >= 11 is 0. The van der Waals surface area contributed by atoms with Crippen LogP contribution >= 0.6 is 0 Å². The van der Waals surface area contributed by atoms with Crippen LogP contribution in [0.25, 0.3) is 21.5 Å². The van der Waals surface area contributed by atoms with Crippen LogP contribution in [-0.2, 0) is 38.4 Å². The molecule has 0 atom stereocenters. The van der Waals surface area contributed by atoms with Gasteiger partial charge in [-0.2, -0.15) is 0 Å². The molecule has 0 unspecified atom stereocenters. The van der Waals surface area contributed by atoms with E-state index in [1.807, 2.05) is 0 Å². The maximum absolute atomic E-state index is 13.1. The largest absolute Gasteiger partial charge is 0.468 e. The molecule has 0 spiro atoms. The van der Waals surface area contributed by atoms with Gasteiger partial charge in [0.25, 0.3) is 0 Å². The summed E-state index contributed by atoms with van der Waals surface area (Å²) in [5, 5.41) is 8.75. The Kier molecular flexibility index (Phi) is 6.65. The summed E-state index contributed by atoms with van der Waals surface area (Å²) in [6, 6.07) is 28.1. The number of rotatable bonds is 5. The molecule has 5 aromatic carbocycles. The maximum atomic E-state index is 13.1. The smallest absolute Gasteiger partial charge is 0.409 e. The summed E-state index contributed by atoms with van der Waals surface area (Å²) in [6.45, 7) is 6.90. The highest BCUT2D eigenvalue weighted by Gasteiger charge is 2.54. The Morgan fingerprint density at radius 3 is 2.11 bits per heavy atom. The van der Waals surface area contributed by atoms with Gasteiger partial charge in [-0.05, 0) is 94.0 Å². The van der Waals surface area contributed by atoms with E-state index in [0.717, 1.165) is 33.5 Å². The van der Waals surface area contributed by atoms with E-state index in [2.05, 4.69) is 110 Å². The summed E-state index contributed by atoms with van der Waals surface area (Å²) in [7, 11) is 2.67. The van der Waals surface area contributed by atoms with Crippen LogP contribution in [0, 0.1) is 26.2 Å². The number of nitrogens with zero attached hydrogens (tertiary/aromatic N) is 1. The normalized spacial score (nSPS) is 14.8. The van der Waals surface area contributed by atoms with Gasteiger partial charge in [-0.1, -0.05) is 60.7 Å². The fourth-order valence-electron chi connectivity index (χ4n) is 7.63. The van der Waals surface area contributed by atoms with Gasteiger partial charge < -0.3 is 19.5 Å². The first-order valence-electron chi connectivity index (χ1n) is 15.1. The van der Waals surface area contributed by atoms with Crippen LogP contribution in [0.2, 0.25) is 0 Å². The Morgan fingerprint density at radius 1 is 0.773 bits per heavy atom. The third-order valence-corrected chi connectivity index (χ3v) is 9.99. The first kappa shape index (κ1) is 28.0. The standard InChI is InChI=1S/C37H35BN2O4/c1-22-23(2)34(24(3)30-20-37(19-29(22)30,35(41)43-4)36(42)44-5)38-39-31-14-8-12-27-13-9-15-32(33(27)31)40(38)21-25-16-17-26-10-6-7-11-28(26)18-25/h6-18,39H,19-21H2,1-5H3. The molecule has 0 bridgehead atoms. The number of fused-ring (bicyclic) bond motifs is 2. The number of esters is 2. The van der Waals surface area contributed by atoms with Crippen LogP contribution < -0.4 is 15.5 Å². The summed E-state index contributed by atoms with van der Waals surface area (Å²) < 4.78 is 10.3. The van der Waals surface area contributed by atoms with E-state index >= 15 is 0 Å². The summed E-state index contributed by atoms with van der Waals surface area (Å²) in [5.41, 5.74) is 8.68. The maximum Gasteiger partial charge on any atom is 0.409 e. The van der Waals surface area contributed by atoms with E-state index in [1.165, 1.54) is 52.5 Å². The van der Waals surface area contributed by atoms with Crippen molar-refractivity contribution in [2.24, 2.45) is 5.41 Å². The van der Waals surface area contributed by atoms with Crippen LogP contribution in [0.1, 0.15) is 33.4 Å². The highest BCUT2D eigenvalue weighted by atomic mass is 16.5. The van der Waals surface area contributed by atoms with Crippen LogP contribution in [0.15, 0.2) is 78.9 Å². The van der Waals surface area contributed by atoms with Crippen molar-refractivity contribution >= 4 is 57.3 Å². The third kappa shape index (κ3) is 4.09. The second kappa shape index (κ2) is 10.4. The van der Waals surface area contributed by atoms with Crippen molar-refractivity contribution in [3.05, 3.63) is 112 Å². The minimum Gasteiger partial charge on any atom is -0.468 e. The zero-order chi connectivity index (χ0) is 30.7. The summed E-state index contributed by atoms with van der Waals surface area (Å²) in [5.74, 6) is -1.10. The summed E-state index contributed by atoms with van der Waals surface area (Å²) in [4.78, 5) is 28.8. The van der Waals surface area contributed by atoms with Gasteiger partial charge in [0, 0.05) is 36.1 Å². The molecule has 7 rings (SSSR count). The lowest BCUT2D eigenvalue weighted by Gasteiger charge is -2.39. The lowest BCUT2D eigenvalue weighted by molar-refractivity contribution is -0.168. The van der Waals surface area contributed by atoms with Crippen molar-refractivity contribution in [1.29, 1.82) is 0 Å². The Balaban J connectivity index is 1.40. The zero-order valence-corrected chi connectivity index (χ0v) is 25.8. The fraction of sp³-hybridized carbons (Fsp3) is 0.243. The van der Waals surface area contributed by atoms with E-state index in [9.17, 15) is 9.59 Å². The van der Waals surface area contributed by atoms with Gasteiger partial charge in [0.05, 0.1) is 14.2 Å². The number of anilines is 2. The predicted molar refractivity (Wildman–Crippen MR) is 178 cm³/mol. The first-order chi connectivity index (χ1) is 21.3. The Hall–Kier alpha value is -4.78. The lowest BCUT2D eigenvalue weighted by Crippen LogP contribution is -2.57. The van der Waals surface area contributed by atoms with Crippen LogP contribution in [0.5, 0.6) is 0 Å². The van der Waals surface area contributed by atoms with Crippen LogP contribution in [-0.4, -0.2) is 33.1 Å². The Morgan fingerprint density at radius 2 is 1.41 bits per heavy atom. The molecule has 7 heteroatoms. The Bertz CT molecular complexity index is 1980. The van der Waals surface area contributed by atoms with Crippen LogP contribution in [0.3, 0.4) is 0 Å². The Labute approximate surface area is 258 Å². The molecule has 2 aliphatic rings. The molecule has 0 amide bonds. The SMILES string of the molecule is COC(=O)C1(C(=O)OC)Cc2c(C)c(C)c(B3Nc4cccc5cccc(c45)N3Cc3ccc4ccccc4c3)c(C)c2C1. The molecule has 1 aliphatic carbocycles. The zero-order valence-electron chi connectivity index (χ0n) is 25.8. The number of hydrogen-bond donors (Lipinski definition) is 1. The van der Waals surface area contributed by atoms with Crippen molar-refractivity contribution < 1.29 is 19.1 Å². The number of methoxy groups -OCH3 is 2. The van der Waals surface area contributed by atoms with Crippen molar-refractivity contribution in [2.45, 2.75) is 40.2 Å². The van der Waals surface area contributed by atoms with E-state index < -0.39 is 17.4 Å². The number of nitrogens with one attached hydrogen (secondary N) is 1. The van der Waals surface area contributed by atoms with Crippen molar-refractivity contribution in [3.63, 3.8) is 0 Å². The van der Waals surface area contributed by atoms with Crippen molar-refractivity contribution in [3.8, 4) is 0 Å². The topological polar surface area (TPSA) is 67.9 Å². The molecule has 1 N–H and O–H groups in total. The van der Waals surface area contributed by atoms with E-state index in [4.69, 9.17) is 9.47 Å². The first-order valence-corrected chi connectivity index (χ1v) is 15.1. The molecule has 0 saturated carbocycles. The number of carbonyl (C=O) groups is 2. The highest BCUT2D eigenvalue weighted by Crippen LogP contribution is 2.44. The van der Waals surface area contributed by atoms with E-state index in [0.29, 0.717) is 6.54 Å². The third-order valence-electron chi connectivity index (χ3n) is 9.99. The van der Waals surface area contributed by atoms with Gasteiger partial charge in [-0.25, -0.2) is 0 Å². The minimum absolute atomic E-state index is 0.183. The molecule has 0 fully saturated rings. The molecule has 0 radical (unpaired) electrons. The lowest BCUT2D eigenvalue weighted by atomic mass is 9.59. The van der Waals surface area contributed by atoms with Gasteiger partial charge in [-0.15, -0.1) is 0 Å². The molecule has 0 saturated heterocycles. The van der Waals surface area contributed by atoms with Crippen LogP contribution in [0.4, 0.5) is 11.4 Å². The molecular formula is C37H35BN2O4. The molecule has 1 aliphatic heterocycles. The fourth-order valence-corrected chi connectivity index (χ4v) is 7.63. The van der Waals surface area contributed by atoms with Gasteiger partial charge in [0.1, 0.15) is 0 Å². The number of ether oxygens (including phenoxy) is 2. The van der Waals surface area contributed by atoms with Gasteiger partial charge in [-0.3, -0.25) is 9.59 Å². The molecule has 6 nitrogen and oxygen atoms in total. The molecule has 44 heavy (non-hydrogen) atoms. The predicted octanol–water partition coefficient (Wildman–Crippen LogP) is 6.18. The quantitative estimate of drug-likeness (QED) is 0.152.